The summed E-state index contributed by atoms with van der Waals surface area (Å²) in [6.07, 6.45) is 8.35. The molecule has 0 spiro atoms. The van der Waals surface area contributed by atoms with Gasteiger partial charge in [0.05, 0.1) is 21.1 Å². The van der Waals surface area contributed by atoms with Crippen LogP contribution in [0.15, 0.2) is 18.3 Å². The Morgan fingerprint density at radius 3 is 2.60 bits per heavy atom. The predicted molar refractivity (Wildman–Crippen MR) is 151 cm³/mol. The van der Waals surface area contributed by atoms with Crippen molar-refractivity contribution < 1.29 is 13.5 Å². The Bertz CT molecular complexity index is 1620. The molecule has 4 aliphatic heterocycles. The van der Waals surface area contributed by atoms with Crippen LogP contribution in [0.5, 0.6) is 6.01 Å². The van der Waals surface area contributed by atoms with Crippen molar-refractivity contribution in [1.29, 1.82) is 0 Å². The number of fused-ring (bicyclic) bond motifs is 5. The van der Waals surface area contributed by atoms with Gasteiger partial charge >= 0.3 is 6.01 Å². The Morgan fingerprint density at radius 1 is 1.05 bits per heavy atom. The van der Waals surface area contributed by atoms with E-state index in [1.54, 1.807) is 6.20 Å². The number of nitrogens with two attached hydrogens (primary N) is 1. The maximum Gasteiger partial charge on any atom is 0.319 e. The van der Waals surface area contributed by atoms with E-state index in [2.05, 4.69) is 30.1 Å². The maximum atomic E-state index is 16.4. The summed E-state index contributed by atoms with van der Waals surface area (Å²) in [6.45, 7) is 4.22. The van der Waals surface area contributed by atoms with Gasteiger partial charge in [-0.25, -0.2) is 13.8 Å². The molecule has 9 nitrogen and oxygen atoms in total. The van der Waals surface area contributed by atoms with Crippen molar-refractivity contribution in [2.75, 3.05) is 43.4 Å². The molecule has 208 valence electrons. The number of hydrogen-bond acceptors (Lipinski definition) is 10. The van der Waals surface area contributed by atoms with Gasteiger partial charge in [-0.15, -0.1) is 0 Å². The highest BCUT2D eigenvalue weighted by Crippen LogP contribution is 2.41. The molecule has 40 heavy (non-hydrogen) atoms. The average Bonchev–Trinajstić information content (AvgIpc) is 3.71. The number of nitrogens with one attached hydrogen (secondary N) is 1. The van der Waals surface area contributed by atoms with E-state index in [1.165, 1.54) is 12.1 Å². The first-order valence-electron chi connectivity index (χ1n) is 14.1. The van der Waals surface area contributed by atoms with Crippen molar-refractivity contribution >= 4 is 43.4 Å². The number of hydrogen-bond donors (Lipinski definition) is 2. The van der Waals surface area contributed by atoms with Gasteiger partial charge in [-0.3, -0.25) is 9.88 Å². The lowest BCUT2D eigenvalue weighted by Gasteiger charge is -2.34. The molecule has 3 N–H and O–H groups in total. The number of thiazole rings is 1. The Balaban J connectivity index is 1.25. The van der Waals surface area contributed by atoms with E-state index in [9.17, 15) is 4.39 Å². The van der Waals surface area contributed by atoms with Crippen molar-refractivity contribution in [3.8, 4) is 17.3 Å². The lowest BCUT2D eigenvalue weighted by atomic mass is 9.95. The highest BCUT2D eigenvalue weighted by atomic mass is 32.1. The largest absolute Gasteiger partial charge is 0.461 e. The molecule has 8 rings (SSSR count). The Labute approximate surface area is 233 Å². The number of aromatic nitrogens is 4. The fraction of sp³-hybridized carbons (Fsp3) is 0.500. The molecule has 0 radical (unpaired) electrons. The van der Waals surface area contributed by atoms with Gasteiger partial charge in [-0.05, 0) is 63.7 Å². The fourth-order valence-corrected chi connectivity index (χ4v) is 8.09. The molecule has 0 saturated carbocycles. The first-order valence-corrected chi connectivity index (χ1v) is 14.9. The van der Waals surface area contributed by atoms with Crippen molar-refractivity contribution in [2.45, 2.75) is 56.1 Å². The van der Waals surface area contributed by atoms with Crippen LogP contribution < -0.4 is 20.7 Å². The van der Waals surface area contributed by atoms with Gasteiger partial charge in [-0.1, -0.05) is 11.3 Å². The van der Waals surface area contributed by atoms with Crippen LogP contribution in [-0.4, -0.2) is 75.2 Å². The SMILES string of the molecule is Nc1nc2c(-c3ncc4c(N5C[C@H]6CC[C@@H](C5)N6)nc(OCC56CCCN5CCC6)nc4c3F)ccc(F)c2s1. The second-order valence-electron chi connectivity index (χ2n) is 11.6. The summed E-state index contributed by atoms with van der Waals surface area (Å²) in [7, 11) is 0. The molecular formula is C28H30F2N8OS. The third-order valence-electron chi connectivity index (χ3n) is 9.21. The van der Waals surface area contributed by atoms with E-state index in [1.807, 2.05) is 0 Å². The summed E-state index contributed by atoms with van der Waals surface area (Å²) < 4.78 is 37.5. The van der Waals surface area contributed by atoms with Gasteiger partial charge in [0.2, 0.25) is 0 Å². The van der Waals surface area contributed by atoms with E-state index in [-0.39, 0.29) is 32.6 Å². The molecule has 4 aromatic rings. The summed E-state index contributed by atoms with van der Waals surface area (Å²) in [5.41, 5.74) is 6.75. The maximum absolute atomic E-state index is 16.4. The summed E-state index contributed by atoms with van der Waals surface area (Å²) in [5.74, 6) is -0.411. The number of ether oxygens (including phenoxy) is 1. The number of halogens is 2. The number of piperazine rings is 1. The number of benzene rings is 1. The second kappa shape index (κ2) is 9.15. The van der Waals surface area contributed by atoms with Gasteiger partial charge < -0.3 is 20.7 Å². The molecule has 0 unspecified atom stereocenters. The van der Waals surface area contributed by atoms with Crippen LogP contribution in [0.2, 0.25) is 0 Å². The smallest absolute Gasteiger partial charge is 0.319 e. The van der Waals surface area contributed by atoms with Gasteiger partial charge in [0.25, 0.3) is 0 Å². The zero-order valence-electron chi connectivity index (χ0n) is 22.0. The van der Waals surface area contributed by atoms with Crippen LogP contribution in [0.1, 0.15) is 38.5 Å². The summed E-state index contributed by atoms with van der Waals surface area (Å²) in [4.78, 5) is 23.0. The highest BCUT2D eigenvalue weighted by molar-refractivity contribution is 7.22. The van der Waals surface area contributed by atoms with E-state index < -0.39 is 11.6 Å². The lowest BCUT2D eigenvalue weighted by molar-refractivity contribution is 0.108. The number of pyridine rings is 1. The van der Waals surface area contributed by atoms with Crippen LogP contribution in [-0.2, 0) is 0 Å². The van der Waals surface area contributed by atoms with Crippen LogP contribution in [0.4, 0.5) is 19.7 Å². The first-order chi connectivity index (χ1) is 19.5. The van der Waals surface area contributed by atoms with Crippen molar-refractivity contribution in [3.05, 3.63) is 30.0 Å². The number of anilines is 2. The van der Waals surface area contributed by atoms with E-state index in [0.29, 0.717) is 41.0 Å². The van der Waals surface area contributed by atoms with Gasteiger partial charge in [-0.2, -0.15) is 9.97 Å². The summed E-state index contributed by atoms with van der Waals surface area (Å²) >= 11 is 1.03. The molecule has 3 aromatic heterocycles. The molecule has 0 amide bonds. The predicted octanol–water partition coefficient (Wildman–Crippen LogP) is 4.11. The number of nitrogens with zero attached hydrogens (tertiary/aromatic N) is 6. The summed E-state index contributed by atoms with van der Waals surface area (Å²) in [5, 5.41) is 4.39. The second-order valence-corrected chi connectivity index (χ2v) is 12.6. The third-order valence-corrected chi connectivity index (χ3v) is 10.1. The van der Waals surface area contributed by atoms with E-state index >= 15 is 4.39 Å². The normalized spacial score (nSPS) is 23.9. The molecule has 2 atom stereocenters. The zero-order chi connectivity index (χ0) is 27.0. The molecule has 2 bridgehead atoms. The number of rotatable bonds is 5. The van der Waals surface area contributed by atoms with Gasteiger partial charge in [0.15, 0.2) is 10.9 Å². The quantitative estimate of drug-likeness (QED) is 0.371. The minimum absolute atomic E-state index is 0.0127. The highest BCUT2D eigenvalue weighted by Gasteiger charge is 2.45. The fourth-order valence-electron chi connectivity index (χ4n) is 7.33. The van der Waals surface area contributed by atoms with E-state index in [4.69, 9.17) is 15.5 Å². The zero-order valence-corrected chi connectivity index (χ0v) is 22.8. The molecule has 12 heteroatoms. The Hall–Kier alpha value is -3.22. The van der Waals surface area contributed by atoms with Crippen LogP contribution in [0.25, 0.3) is 32.4 Å². The molecule has 7 heterocycles. The Kier molecular flexibility index (Phi) is 5.62. The van der Waals surface area contributed by atoms with Crippen LogP contribution in [0, 0.1) is 11.6 Å². The lowest BCUT2D eigenvalue weighted by Crippen LogP contribution is -2.51. The molecule has 4 aliphatic rings. The molecular weight excluding hydrogens is 534 g/mol. The van der Waals surface area contributed by atoms with Crippen molar-refractivity contribution in [1.82, 2.24) is 30.2 Å². The topological polar surface area (TPSA) is 105 Å². The molecule has 4 saturated heterocycles. The van der Waals surface area contributed by atoms with Crippen LogP contribution >= 0.6 is 11.3 Å². The van der Waals surface area contributed by atoms with Gasteiger partial charge in [0, 0.05) is 36.9 Å². The average molecular weight is 565 g/mol. The van der Waals surface area contributed by atoms with E-state index in [0.717, 1.165) is 76.0 Å². The van der Waals surface area contributed by atoms with Crippen molar-refractivity contribution in [3.63, 3.8) is 0 Å². The Morgan fingerprint density at radius 2 is 1.82 bits per heavy atom. The molecule has 0 aliphatic carbocycles. The first kappa shape index (κ1) is 24.6. The minimum Gasteiger partial charge on any atom is -0.461 e. The molecule has 1 aromatic carbocycles. The third kappa shape index (κ3) is 3.83. The van der Waals surface area contributed by atoms with Gasteiger partial charge in [0.1, 0.15) is 29.5 Å². The number of nitrogen functional groups attached to an aromatic ring is 1. The molecule has 4 fully saturated rings. The monoisotopic (exact) mass is 564 g/mol. The van der Waals surface area contributed by atoms with Crippen molar-refractivity contribution in [2.24, 2.45) is 0 Å². The minimum atomic E-state index is -0.606. The van der Waals surface area contributed by atoms with Crippen LogP contribution in [0.3, 0.4) is 0 Å². The standard InChI is InChI=1S/C28H30F2N8OS/c29-19-6-5-17(23-24(19)40-26(31)34-23)21-20(30)22-18(11-32-21)25(37-12-15-3-4-16(13-37)33-15)36-27(35-22)39-14-28-7-1-9-38(28)10-2-8-28/h5-6,11,15-16,33H,1-4,7-10,12-14H2,(H2,31,34)/t15-,16+. The summed E-state index contributed by atoms with van der Waals surface area (Å²) in [6, 6.07) is 3.72.